The molecular weight excluding hydrogens is 331 g/mol. The molecule has 26 heavy (non-hydrogen) atoms. The second kappa shape index (κ2) is 7.12. The Labute approximate surface area is 152 Å². The maximum atomic E-state index is 14.4. The van der Waals surface area contributed by atoms with Gasteiger partial charge in [0.25, 0.3) is 0 Å². The Morgan fingerprint density at radius 3 is 2.38 bits per heavy atom. The maximum absolute atomic E-state index is 14.4. The standard InChI is InChI=1S/C20H21FN4O/c1-13-10-14(2)23-20(17(13)12-22)25-8-6-24(7-9-25)19-5-4-16(15(3)26)11-18(19)21/h4-5,10-11H,6-9H2,1-3H3. The molecule has 1 saturated heterocycles. The molecule has 5 nitrogen and oxygen atoms in total. The number of ketones is 1. The Bertz CT molecular complexity index is 895. The molecule has 0 spiro atoms. The monoisotopic (exact) mass is 352 g/mol. The summed E-state index contributed by atoms with van der Waals surface area (Å²) < 4.78 is 14.4. The predicted octanol–water partition coefficient (Wildman–Crippen LogP) is 3.24. The van der Waals surface area contributed by atoms with E-state index < -0.39 is 0 Å². The van der Waals surface area contributed by atoms with E-state index in [4.69, 9.17) is 0 Å². The van der Waals surface area contributed by atoms with E-state index in [0.717, 1.165) is 11.3 Å². The molecule has 2 heterocycles. The molecule has 0 unspecified atom stereocenters. The number of nitrogens with zero attached hydrogens (tertiary/aromatic N) is 4. The Morgan fingerprint density at radius 2 is 1.81 bits per heavy atom. The van der Waals surface area contributed by atoms with E-state index in [1.807, 2.05) is 24.8 Å². The molecule has 0 saturated carbocycles. The second-order valence-corrected chi connectivity index (χ2v) is 6.59. The van der Waals surface area contributed by atoms with E-state index in [0.29, 0.717) is 48.8 Å². The van der Waals surface area contributed by atoms with Crippen molar-refractivity contribution >= 4 is 17.3 Å². The number of Topliss-reactive ketones (excluding diaryl/α,β-unsaturated/α-hetero) is 1. The number of aromatic nitrogens is 1. The number of nitriles is 1. The van der Waals surface area contributed by atoms with Crippen molar-refractivity contribution in [2.45, 2.75) is 20.8 Å². The summed E-state index contributed by atoms with van der Waals surface area (Å²) in [7, 11) is 0. The van der Waals surface area contributed by atoms with Crippen molar-refractivity contribution in [3.8, 4) is 6.07 Å². The molecule has 134 valence electrons. The van der Waals surface area contributed by atoms with Crippen molar-refractivity contribution in [3.63, 3.8) is 0 Å². The van der Waals surface area contributed by atoms with Crippen LogP contribution in [0.2, 0.25) is 0 Å². The van der Waals surface area contributed by atoms with E-state index in [9.17, 15) is 14.4 Å². The molecule has 0 amide bonds. The van der Waals surface area contributed by atoms with Gasteiger partial charge in [-0.25, -0.2) is 9.37 Å². The average Bonchev–Trinajstić information content (AvgIpc) is 2.61. The van der Waals surface area contributed by atoms with Gasteiger partial charge in [0.05, 0.1) is 11.3 Å². The first-order valence-corrected chi connectivity index (χ1v) is 8.59. The van der Waals surface area contributed by atoms with Crippen LogP contribution in [0.5, 0.6) is 0 Å². The van der Waals surface area contributed by atoms with Crippen LogP contribution >= 0.6 is 0 Å². The van der Waals surface area contributed by atoms with E-state index >= 15 is 0 Å². The van der Waals surface area contributed by atoms with Gasteiger partial charge >= 0.3 is 0 Å². The van der Waals surface area contributed by atoms with Crippen LogP contribution in [0.15, 0.2) is 24.3 Å². The van der Waals surface area contributed by atoms with Crippen molar-refractivity contribution in [1.29, 1.82) is 5.26 Å². The lowest BCUT2D eigenvalue weighted by molar-refractivity contribution is 0.101. The van der Waals surface area contributed by atoms with Gasteiger partial charge in [0.1, 0.15) is 17.7 Å². The summed E-state index contributed by atoms with van der Waals surface area (Å²) in [5, 5.41) is 9.45. The van der Waals surface area contributed by atoms with E-state index in [2.05, 4.69) is 16.0 Å². The number of rotatable bonds is 3. The zero-order valence-corrected chi connectivity index (χ0v) is 15.2. The van der Waals surface area contributed by atoms with Crippen LogP contribution in [0, 0.1) is 31.0 Å². The highest BCUT2D eigenvalue weighted by molar-refractivity contribution is 5.94. The normalized spacial score (nSPS) is 14.3. The van der Waals surface area contributed by atoms with Crippen molar-refractivity contribution in [3.05, 3.63) is 52.5 Å². The van der Waals surface area contributed by atoms with Gasteiger partial charge in [0, 0.05) is 37.4 Å². The summed E-state index contributed by atoms with van der Waals surface area (Å²) >= 11 is 0. The fourth-order valence-electron chi connectivity index (χ4n) is 3.33. The van der Waals surface area contributed by atoms with Crippen LogP contribution in [0.4, 0.5) is 15.9 Å². The maximum Gasteiger partial charge on any atom is 0.159 e. The van der Waals surface area contributed by atoms with Crippen molar-refractivity contribution in [2.75, 3.05) is 36.0 Å². The van der Waals surface area contributed by atoms with Crippen molar-refractivity contribution in [2.24, 2.45) is 0 Å². The third-order valence-electron chi connectivity index (χ3n) is 4.71. The van der Waals surface area contributed by atoms with E-state index in [-0.39, 0.29) is 11.6 Å². The zero-order valence-electron chi connectivity index (χ0n) is 15.2. The topological polar surface area (TPSA) is 60.2 Å². The highest BCUT2D eigenvalue weighted by Gasteiger charge is 2.23. The van der Waals surface area contributed by atoms with Crippen molar-refractivity contribution < 1.29 is 9.18 Å². The molecule has 1 aromatic carbocycles. The first-order chi connectivity index (χ1) is 12.4. The number of aryl methyl sites for hydroxylation is 2. The summed E-state index contributed by atoms with van der Waals surface area (Å²) in [6, 6.07) is 8.77. The molecule has 1 aliphatic rings. The first kappa shape index (κ1) is 17.9. The Hall–Kier alpha value is -2.94. The van der Waals surface area contributed by atoms with Gasteiger partial charge in [-0.15, -0.1) is 0 Å². The number of carbonyl (C=O) groups is 1. The zero-order chi connectivity index (χ0) is 18.8. The van der Waals surface area contributed by atoms with Crippen LogP contribution in [-0.4, -0.2) is 36.9 Å². The van der Waals surface area contributed by atoms with Gasteiger partial charge < -0.3 is 9.80 Å². The molecule has 2 aromatic rings. The number of piperazine rings is 1. The smallest absolute Gasteiger partial charge is 0.159 e. The first-order valence-electron chi connectivity index (χ1n) is 8.59. The molecular formula is C20H21FN4O. The summed E-state index contributed by atoms with van der Waals surface area (Å²) in [4.78, 5) is 20.0. The van der Waals surface area contributed by atoms with Gasteiger partial charge in [-0.3, -0.25) is 4.79 Å². The molecule has 0 radical (unpaired) electrons. The largest absolute Gasteiger partial charge is 0.366 e. The minimum Gasteiger partial charge on any atom is -0.366 e. The van der Waals surface area contributed by atoms with Gasteiger partial charge in [0.15, 0.2) is 5.78 Å². The Balaban J connectivity index is 1.78. The van der Waals surface area contributed by atoms with Gasteiger partial charge in [-0.1, -0.05) is 0 Å². The lowest BCUT2D eigenvalue weighted by Gasteiger charge is -2.37. The number of carbonyl (C=O) groups excluding carboxylic acids is 1. The van der Waals surface area contributed by atoms with Crippen LogP contribution in [0.1, 0.15) is 34.1 Å². The number of hydrogen-bond donors (Lipinski definition) is 0. The minimum atomic E-state index is -0.381. The Kier molecular flexibility index (Phi) is 4.90. The molecule has 0 atom stereocenters. The van der Waals surface area contributed by atoms with Gasteiger partial charge in [-0.05, 0) is 50.6 Å². The second-order valence-electron chi connectivity index (χ2n) is 6.59. The molecule has 1 fully saturated rings. The molecule has 1 aliphatic heterocycles. The molecule has 0 N–H and O–H groups in total. The van der Waals surface area contributed by atoms with E-state index in [1.165, 1.54) is 13.0 Å². The Morgan fingerprint density at radius 1 is 1.15 bits per heavy atom. The molecule has 6 heteroatoms. The molecule has 0 aliphatic carbocycles. The summed E-state index contributed by atoms with van der Waals surface area (Å²) in [6.07, 6.45) is 0. The number of benzene rings is 1. The highest BCUT2D eigenvalue weighted by Crippen LogP contribution is 2.26. The number of anilines is 2. The average molecular weight is 352 g/mol. The van der Waals surface area contributed by atoms with Crippen LogP contribution in [-0.2, 0) is 0 Å². The quantitative estimate of drug-likeness (QED) is 0.794. The van der Waals surface area contributed by atoms with Gasteiger partial charge in [-0.2, -0.15) is 5.26 Å². The summed E-state index contributed by atoms with van der Waals surface area (Å²) in [5.41, 5.74) is 3.28. The van der Waals surface area contributed by atoms with Gasteiger partial charge in [0.2, 0.25) is 0 Å². The fraction of sp³-hybridized carbons (Fsp3) is 0.350. The SMILES string of the molecule is CC(=O)c1ccc(N2CCN(c3nc(C)cc(C)c3C#N)CC2)c(F)c1. The lowest BCUT2D eigenvalue weighted by Crippen LogP contribution is -2.47. The number of halogens is 1. The van der Waals surface area contributed by atoms with Crippen LogP contribution in [0.25, 0.3) is 0 Å². The number of hydrogen-bond acceptors (Lipinski definition) is 5. The predicted molar refractivity (Wildman–Crippen MR) is 99.3 cm³/mol. The van der Waals surface area contributed by atoms with Crippen LogP contribution in [0.3, 0.4) is 0 Å². The lowest BCUT2D eigenvalue weighted by atomic mass is 10.1. The molecule has 1 aromatic heterocycles. The third kappa shape index (κ3) is 3.38. The molecule has 0 bridgehead atoms. The third-order valence-corrected chi connectivity index (χ3v) is 4.71. The summed E-state index contributed by atoms with van der Waals surface area (Å²) in [6.45, 7) is 7.80. The molecule has 3 rings (SSSR count). The highest BCUT2D eigenvalue weighted by atomic mass is 19.1. The fourth-order valence-corrected chi connectivity index (χ4v) is 3.33. The van der Waals surface area contributed by atoms with Crippen molar-refractivity contribution in [1.82, 2.24) is 4.98 Å². The van der Waals surface area contributed by atoms with Crippen LogP contribution < -0.4 is 9.80 Å². The summed E-state index contributed by atoms with van der Waals surface area (Å²) in [5.74, 6) is 0.177. The minimum absolute atomic E-state index is 0.148. The number of pyridine rings is 1. The van der Waals surface area contributed by atoms with E-state index in [1.54, 1.807) is 12.1 Å².